The summed E-state index contributed by atoms with van der Waals surface area (Å²) in [5.41, 5.74) is 4.08. The number of halogens is 1. The first kappa shape index (κ1) is 18.8. The Bertz CT molecular complexity index is 1250. The number of para-hydroxylation sites is 1. The van der Waals surface area contributed by atoms with E-state index in [0.717, 1.165) is 38.7 Å². The number of hydrogen-bond acceptors (Lipinski definition) is 5. The van der Waals surface area contributed by atoms with E-state index in [-0.39, 0.29) is 5.63 Å². The van der Waals surface area contributed by atoms with Crippen LogP contribution in [0.4, 0.5) is 0 Å². The Morgan fingerprint density at radius 1 is 1.07 bits per heavy atom. The van der Waals surface area contributed by atoms with E-state index in [1.54, 1.807) is 6.07 Å². The van der Waals surface area contributed by atoms with Crippen LogP contribution in [0, 0.1) is 20.8 Å². The van der Waals surface area contributed by atoms with Crippen molar-refractivity contribution in [1.82, 2.24) is 14.8 Å². The van der Waals surface area contributed by atoms with Gasteiger partial charge in [0, 0.05) is 22.2 Å². The van der Waals surface area contributed by atoms with E-state index in [1.165, 1.54) is 17.8 Å². The molecule has 2 aromatic heterocycles. The quantitative estimate of drug-likeness (QED) is 0.339. The average Bonchev–Trinajstić information content (AvgIpc) is 3.02. The zero-order valence-electron chi connectivity index (χ0n) is 15.7. The van der Waals surface area contributed by atoms with Crippen molar-refractivity contribution in [1.29, 1.82) is 0 Å². The Morgan fingerprint density at radius 3 is 2.64 bits per heavy atom. The molecule has 2 heterocycles. The van der Waals surface area contributed by atoms with Crippen LogP contribution in [0.5, 0.6) is 0 Å². The Labute approximate surface area is 171 Å². The summed E-state index contributed by atoms with van der Waals surface area (Å²) in [7, 11) is 0. The van der Waals surface area contributed by atoms with Gasteiger partial charge in [-0.2, -0.15) is 0 Å². The molecule has 0 bridgehead atoms. The van der Waals surface area contributed by atoms with Crippen molar-refractivity contribution in [3.05, 3.63) is 80.4 Å². The van der Waals surface area contributed by atoms with Gasteiger partial charge >= 0.3 is 5.63 Å². The Morgan fingerprint density at radius 2 is 1.86 bits per heavy atom. The molecule has 0 aliphatic heterocycles. The molecule has 2 aromatic carbocycles. The lowest BCUT2D eigenvalue weighted by atomic mass is 10.1. The Kier molecular flexibility index (Phi) is 5.00. The highest BCUT2D eigenvalue weighted by Crippen LogP contribution is 2.30. The number of rotatable bonds is 4. The van der Waals surface area contributed by atoms with Gasteiger partial charge in [-0.3, -0.25) is 4.57 Å². The van der Waals surface area contributed by atoms with Crippen LogP contribution in [0.3, 0.4) is 0 Å². The van der Waals surface area contributed by atoms with Crippen LogP contribution in [-0.4, -0.2) is 14.8 Å². The highest BCUT2D eigenvalue weighted by atomic mass is 35.5. The fourth-order valence-corrected chi connectivity index (χ4v) is 4.28. The number of aryl methyl sites for hydroxylation is 3. The second-order valence-corrected chi connectivity index (χ2v) is 7.98. The summed E-state index contributed by atoms with van der Waals surface area (Å²) in [6.45, 7) is 5.87. The van der Waals surface area contributed by atoms with Crippen molar-refractivity contribution in [3.8, 4) is 5.69 Å². The standard InChI is InChI=1S/C21H18ClN3O2S/c1-12-6-4-5-7-18(12)25-14(3)23-24-21(25)28-11-15-9-20(26)27-19-8-13(2)17(22)10-16(15)19/h4-10H,11H2,1-3H3. The van der Waals surface area contributed by atoms with E-state index >= 15 is 0 Å². The number of thioether (sulfide) groups is 1. The molecule has 0 spiro atoms. The summed E-state index contributed by atoms with van der Waals surface area (Å²) >= 11 is 7.81. The van der Waals surface area contributed by atoms with Gasteiger partial charge in [0.2, 0.25) is 0 Å². The molecule has 142 valence electrons. The predicted molar refractivity (Wildman–Crippen MR) is 113 cm³/mol. The maximum Gasteiger partial charge on any atom is 0.336 e. The minimum absolute atomic E-state index is 0.374. The molecule has 4 rings (SSSR count). The van der Waals surface area contributed by atoms with Gasteiger partial charge in [-0.05, 0) is 55.7 Å². The molecular weight excluding hydrogens is 394 g/mol. The van der Waals surface area contributed by atoms with Crippen molar-refractivity contribution in [2.24, 2.45) is 0 Å². The fraction of sp³-hybridized carbons (Fsp3) is 0.190. The van der Waals surface area contributed by atoms with Crippen LogP contribution in [0.15, 0.2) is 56.8 Å². The van der Waals surface area contributed by atoms with E-state index in [1.807, 2.05) is 42.7 Å². The summed E-state index contributed by atoms with van der Waals surface area (Å²) in [5, 5.41) is 10.8. The van der Waals surface area contributed by atoms with Gasteiger partial charge in [0.15, 0.2) is 5.16 Å². The minimum Gasteiger partial charge on any atom is -0.423 e. The lowest BCUT2D eigenvalue weighted by Crippen LogP contribution is -2.03. The zero-order chi connectivity index (χ0) is 19.8. The molecule has 0 amide bonds. The molecular formula is C21H18ClN3O2S. The Balaban J connectivity index is 1.73. The van der Waals surface area contributed by atoms with Crippen LogP contribution >= 0.6 is 23.4 Å². The van der Waals surface area contributed by atoms with Gasteiger partial charge in [-0.25, -0.2) is 4.79 Å². The molecule has 0 aliphatic carbocycles. The van der Waals surface area contributed by atoms with Crippen LogP contribution in [-0.2, 0) is 5.75 Å². The Hall–Kier alpha value is -2.57. The third kappa shape index (κ3) is 3.45. The summed E-state index contributed by atoms with van der Waals surface area (Å²) in [4.78, 5) is 12.0. The molecule has 0 radical (unpaired) electrons. The molecule has 0 unspecified atom stereocenters. The molecule has 0 saturated heterocycles. The van der Waals surface area contributed by atoms with Crippen molar-refractivity contribution in [3.63, 3.8) is 0 Å². The molecule has 0 atom stereocenters. The maximum absolute atomic E-state index is 12.0. The summed E-state index contributed by atoms with van der Waals surface area (Å²) in [6.07, 6.45) is 0. The van der Waals surface area contributed by atoms with Gasteiger partial charge in [0.25, 0.3) is 0 Å². The van der Waals surface area contributed by atoms with Crippen molar-refractivity contribution in [2.45, 2.75) is 31.7 Å². The molecule has 4 aromatic rings. The number of nitrogens with zero attached hydrogens (tertiary/aromatic N) is 3. The second kappa shape index (κ2) is 7.45. The number of fused-ring (bicyclic) bond motifs is 1. The number of aromatic nitrogens is 3. The normalized spacial score (nSPS) is 11.3. The zero-order valence-corrected chi connectivity index (χ0v) is 17.3. The molecule has 7 heteroatoms. The van der Waals surface area contributed by atoms with Gasteiger partial charge in [0.05, 0.1) is 5.69 Å². The average molecular weight is 412 g/mol. The van der Waals surface area contributed by atoms with Crippen LogP contribution in [0.2, 0.25) is 5.02 Å². The summed E-state index contributed by atoms with van der Waals surface area (Å²) in [5.74, 6) is 1.36. The van der Waals surface area contributed by atoms with Gasteiger partial charge in [0.1, 0.15) is 11.4 Å². The maximum atomic E-state index is 12.0. The lowest BCUT2D eigenvalue weighted by molar-refractivity contribution is 0.559. The van der Waals surface area contributed by atoms with E-state index < -0.39 is 0 Å². The van der Waals surface area contributed by atoms with Gasteiger partial charge < -0.3 is 4.42 Å². The SMILES string of the molecule is Cc1cc2oc(=O)cc(CSc3nnc(C)n3-c3ccccc3C)c2cc1Cl. The van der Waals surface area contributed by atoms with Crippen LogP contribution < -0.4 is 5.63 Å². The molecule has 5 nitrogen and oxygen atoms in total. The summed E-state index contributed by atoms with van der Waals surface area (Å²) in [6, 6.07) is 13.3. The first-order valence-corrected chi connectivity index (χ1v) is 10.1. The van der Waals surface area contributed by atoms with E-state index in [9.17, 15) is 4.79 Å². The van der Waals surface area contributed by atoms with Gasteiger partial charge in [-0.15, -0.1) is 10.2 Å². The highest BCUT2D eigenvalue weighted by Gasteiger charge is 2.15. The minimum atomic E-state index is -0.374. The fourth-order valence-electron chi connectivity index (χ4n) is 3.14. The van der Waals surface area contributed by atoms with E-state index in [0.29, 0.717) is 16.4 Å². The lowest BCUT2D eigenvalue weighted by Gasteiger charge is -2.11. The third-order valence-corrected chi connectivity index (χ3v) is 6.00. The first-order chi connectivity index (χ1) is 13.4. The van der Waals surface area contributed by atoms with Crippen molar-refractivity contribution >= 4 is 34.3 Å². The molecule has 0 N–H and O–H groups in total. The largest absolute Gasteiger partial charge is 0.423 e. The van der Waals surface area contributed by atoms with Crippen molar-refractivity contribution < 1.29 is 4.42 Å². The molecule has 0 fully saturated rings. The van der Waals surface area contributed by atoms with Crippen LogP contribution in [0.25, 0.3) is 16.7 Å². The number of hydrogen-bond donors (Lipinski definition) is 0. The molecule has 28 heavy (non-hydrogen) atoms. The van der Waals surface area contributed by atoms with Gasteiger partial charge in [-0.1, -0.05) is 41.6 Å². The van der Waals surface area contributed by atoms with Crippen molar-refractivity contribution in [2.75, 3.05) is 0 Å². The second-order valence-electron chi connectivity index (χ2n) is 6.63. The third-order valence-electron chi connectivity index (χ3n) is 4.62. The molecule has 0 saturated carbocycles. The first-order valence-electron chi connectivity index (χ1n) is 8.78. The highest BCUT2D eigenvalue weighted by molar-refractivity contribution is 7.98. The smallest absolute Gasteiger partial charge is 0.336 e. The summed E-state index contributed by atoms with van der Waals surface area (Å²) < 4.78 is 7.38. The topological polar surface area (TPSA) is 60.9 Å². The van der Waals surface area contributed by atoms with E-state index in [2.05, 4.69) is 23.2 Å². The van der Waals surface area contributed by atoms with E-state index in [4.69, 9.17) is 16.0 Å². The predicted octanol–water partition coefficient (Wildman–Crippen LogP) is 5.24. The molecule has 0 aliphatic rings. The van der Waals surface area contributed by atoms with Crippen LogP contribution in [0.1, 0.15) is 22.5 Å². The monoisotopic (exact) mass is 411 g/mol. The number of benzene rings is 2.